The van der Waals surface area contributed by atoms with Crippen LogP contribution in [0.15, 0.2) is 0 Å². The number of ether oxygens (including phenoxy) is 2. The lowest BCUT2D eigenvalue weighted by atomic mass is 9.92. The van der Waals surface area contributed by atoms with Crippen LogP contribution in [0.4, 0.5) is 8.78 Å². The van der Waals surface area contributed by atoms with Gasteiger partial charge < -0.3 is 9.47 Å². The largest absolute Gasteiger partial charge is 0.381 e. The first kappa shape index (κ1) is 23.8. The van der Waals surface area contributed by atoms with Crippen LogP contribution >= 0.6 is 0 Å². The predicted octanol–water partition coefficient (Wildman–Crippen LogP) is 6.19. The number of rotatable bonds is 15. The van der Waals surface area contributed by atoms with Gasteiger partial charge in [0.15, 0.2) is 0 Å². The van der Waals surface area contributed by atoms with Crippen LogP contribution in [0.1, 0.15) is 73.6 Å². The Labute approximate surface area is 148 Å². The third-order valence-electron chi connectivity index (χ3n) is 4.54. The van der Waals surface area contributed by atoms with E-state index >= 15 is 0 Å². The molecule has 0 radical (unpaired) electrons. The van der Waals surface area contributed by atoms with Crippen LogP contribution in [0.2, 0.25) is 0 Å². The van der Waals surface area contributed by atoms with Crippen LogP contribution in [-0.2, 0) is 9.47 Å². The first-order valence-corrected chi connectivity index (χ1v) is 9.68. The molecule has 2 nitrogen and oxygen atoms in total. The molecule has 146 valence electrons. The maximum absolute atomic E-state index is 14.1. The Bertz CT molecular complexity index is 293. The maximum Gasteiger partial charge on any atom is 0.273 e. The van der Waals surface area contributed by atoms with Crippen molar-refractivity contribution in [1.29, 1.82) is 0 Å². The lowest BCUT2D eigenvalue weighted by Crippen LogP contribution is -2.32. The molecule has 0 aromatic heterocycles. The van der Waals surface area contributed by atoms with E-state index in [9.17, 15) is 8.78 Å². The van der Waals surface area contributed by atoms with Crippen molar-refractivity contribution in [2.45, 2.75) is 79.6 Å². The summed E-state index contributed by atoms with van der Waals surface area (Å²) in [5.41, 5.74) is 0. The van der Waals surface area contributed by atoms with Crippen LogP contribution < -0.4 is 0 Å². The van der Waals surface area contributed by atoms with Gasteiger partial charge in [0.05, 0.1) is 0 Å². The van der Waals surface area contributed by atoms with E-state index < -0.39 is 18.4 Å². The van der Waals surface area contributed by atoms with Gasteiger partial charge in [-0.3, -0.25) is 0 Å². The SMILES string of the molecule is CC(C)CCOCCC(C)CCC(C)C(F)(F)COCCC(C)C. The molecule has 0 rings (SSSR count). The van der Waals surface area contributed by atoms with Crippen LogP contribution in [0.5, 0.6) is 0 Å². The van der Waals surface area contributed by atoms with Gasteiger partial charge in [0.2, 0.25) is 0 Å². The Morgan fingerprint density at radius 3 is 1.71 bits per heavy atom. The normalized spacial score (nSPS) is 15.2. The summed E-state index contributed by atoms with van der Waals surface area (Å²) in [4.78, 5) is 0. The topological polar surface area (TPSA) is 18.5 Å². The minimum absolute atomic E-state index is 0.421. The number of alkyl halides is 2. The third kappa shape index (κ3) is 13.1. The molecule has 2 atom stereocenters. The zero-order chi connectivity index (χ0) is 18.6. The zero-order valence-electron chi connectivity index (χ0n) is 16.7. The van der Waals surface area contributed by atoms with Crippen molar-refractivity contribution in [3.05, 3.63) is 0 Å². The molecule has 0 aromatic carbocycles. The highest BCUT2D eigenvalue weighted by molar-refractivity contribution is 4.74. The number of halogens is 2. The lowest BCUT2D eigenvalue weighted by Gasteiger charge is -2.25. The summed E-state index contributed by atoms with van der Waals surface area (Å²) in [7, 11) is 0. The molecule has 0 heterocycles. The second-order valence-corrected chi connectivity index (χ2v) is 8.16. The molecule has 0 saturated carbocycles. The monoisotopic (exact) mass is 350 g/mol. The number of hydrogen-bond donors (Lipinski definition) is 0. The summed E-state index contributed by atoms with van der Waals surface area (Å²) in [6, 6.07) is 0. The van der Waals surface area contributed by atoms with Gasteiger partial charge in [0.1, 0.15) is 6.61 Å². The molecule has 0 spiro atoms. The van der Waals surface area contributed by atoms with E-state index in [1.54, 1.807) is 6.92 Å². The molecular weight excluding hydrogens is 310 g/mol. The minimum Gasteiger partial charge on any atom is -0.381 e. The van der Waals surface area contributed by atoms with Crippen molar-refractivity contribution >= 4 is 0 Å². The fraction of sp³-hybridized carbons (Fsp3) is 1.00. The average molecular weight is 351 g/mol. The summed E-state index contributed by atoms with van der Waals surface area (Å²) >= 11 is 0. The van der Waals surface area contributed by atoms with Crippen LogP contribution in [0.3, 0.4) is 0 Å². The van der Waals surface area contributed by atoms with E-state index in [0.717, 1.165) is 38.9 Å². The Morgan fingerprint density at radius 2 is 1.17 bits per heavy atom. The van der Waals surface area contributed by atoms with Gasteiger partial charge in [-0.05, 0) is 43.4 Å². The van der Waals surface area contributed by atoms with E-state index in [2.05, 4.69) is 34.6 Å². The predicted molar refractivity (Wildman–Crippen MR) is 97.7 cm³/mol. The first-order valence-electron chi connectivity index (χ1n) is 9.68. The molecular formula is C20H40F2O2. The molecule has 0 amide bonds. The second kappa shape index (κ2) is 13.0. The van der Waals surface area contributed by atoms with Crippen LogP contribution in [0.25, 0.3) is 0 Å². The second-order valence-electron chi connectivity index (χ2n) is 8.16. The van der Waals surface area contributed by atoms with Gasteiger partial charge in [0, 0.05) is 25.7 Å². The van der Waals surface area contributed by atoms with Crippen LogP contribution in [0, 0.1) is 23.7 Å². The van der Waals surface area contributed by atoms with Crippen LogP contribution in [-0.4, -0.2) is 32.4 Å². The van der Waals surface area contributed by atoms with Gasteiger partial charge in [-0.25, -0.2) is 8.78 Å². The molecule has 0 aliphatic carbocycles. The standard InChI is InChI=1S/C20H40F2O2/c1-16(2)9-12-23-14-11-18(5)7-8-19(6)20(21,22)15-24-13-10-17(3)4/h16-19H,7-15H2,1-6H3. The summed E-state index contributed by atoms with van der Waals surface area (Å²) in [5, 5.41) is 0. The fourth-order valence-electron chi connectivity index (χ4n) is 2.27. The highest BCUT2D eigenvalue weighted by atomic mass is 19.3. The van der Waals surface area contributed by atoms with Crippen molar-refractivity contribution in [3.63, 3.8) is 0 Å². The van der Waals surface area contributed by atoms with E-state index in [0.29, 0.717) is 30.8 Å². The molecule has 0 aliphatic heterocycles. The molecule has 4 heteroatoms. The Balaban J connectivity index is 3.81. The minimum atomic E-state index is -2.73. The van der Waals surface area contributed by atoms with Gasteiger partial charge in [-0.2, -0.15) is 0 Å². The molecule has 0 bridgehead atoms. The summed E-state index contributed by atoms with van der Waals surface area (Å²) in [6.45, 7) is 13.8. The molecule has 0 saturated heterocycles. The van der Waals surface area contributed by atoms with Gasteiger partial charge in [-0.15, -0.1) is 0 Å². The summed E-state index contributed by atoms with van der Waals surface area (Å²) in [5.74, 6) is -1.80. The third-order valence-corrected chi connectivity index (χ3v) is 4.54. The highest BCUT2D eigenvalue weighted by Crippen LogP contribution is 2.30. The summed E-state index contributed by atoms with van der Waals surface area (Å²) < 4.78 is 38.9. The van der Waals surface area contributed by atoms with E-state index in [-0.39, 0.29) is 0 Å². The van der Waals surface area contributed by atoms with E-state index in [1.165, 1.54) is 0 Å². The first-order chi connectivity index (χ1) is 11.1. The quantitative estimate of drug-likeness (QED) is 0.328. The van der Waals surface area contributed by atoms with Crippen molar-refractivity contribution in [1.82, 2.24) is 0 Å². The van der Waals surface area contributed by atoms with Crippen molar-refractivity contribution in [2.24, 2.45) is 23.7 Å². The van der Waals surface area contributed by atoms with Crippen molar-refractivity contribution < 1.29 is 18.3 Å². The van der Waals surface area contributed by atoms with Gasteiger partial charge in [0.25, 0.3) is 5.92 Å². The molecule has 2 unspecified atom stereocenters. The van der Waals surface area contributed by atoms with Crippen molar-refractivity contribution in [2.75, 3.05) is 26.4 Å². The van der Waals surface area contributed by atoms with Gasteiger partial charge >= 0.3 is 0 Å². The highest BCUT2D eigenvalue weighted by Gasteiger charge is 2.36. The smallest absolute Gasteiger partial charge is 0.273 e. The van der Waals surface area contributed by atoms with E-state index in [4.69, 9.17) is 9.47 Å². The fourth-order valence-corrected chi connectivity index (χ4v) is 2.27. The lowest BCUT2D eigenvalue weighted by molar-refractivity contribution is -0.116. The zero-order valence-corrected chi connectivity index (χ0v) is 16.7. The molecule has 0 N–H and O–H groups in total. The molecule has 0 fully saturated rings. The molecule has 0 aliphatic rings. The average Bonchev–Trinajstić information content (AvgIpc) is 2.48. The van der Waals surface area contributed by atoms with E-state index in [1.807, 2.05) is 0 Å². The Morgan fingerprint density at radius 1 is 0.667 bits per heavy atom. The maximum atomic E-state index is 14.1. The van der Waals surface area contributed by atoms with Gasteiger partial charge in [-0.1, -0.05) is 48.0 Å². The Hall–Kier alpha value is -0.220. The van der Waals surface area contributed by atoms with Crippen molar-refractivity contribution in [3.8, 4) is 0 Å². The Kier molecular flexibility index (Phi) is 12.9. The number of hydrogen-bond acceptors (Lipinski definition) is 2. The molecule has 24 heavy (non-hydrogen) atoms. The summed E-state index contributed by atoms with van der Waals surface area (Å²) in [6.07, 6.45) is 4.21. The molecule has 0 aromatic rings.